The second kappa shape index (κ2) is 11.8. The summed E-state index contributed by atoms with van der Waals surface area (Å²) in [6, 6.07) is 14.5. The Hall–Kier alpha value is -2.03. The van der Waals surface area contributed by atoms with Gasteiger partial charge in [-0.05, 0) is 36.5 Å². The number of rotatable bonds is 7. The highest BCUT2D eigenvalue weighted by atomic mass is 127. The van der Waals surface area contributed by atoms with Crippen molar-refractivity contribution in [2.24, 2.45) is 10.9 Å². The second-order valence-electron chi connectivity index (χ2n) is 7.47. The average Bonchev–Trinajstić information content (AvgIpc) is 3.37. The largest absolute Gasteiger partial charge is 0.469 e. The summed E-state index contributed by atoms with van der Waals surface area (Å²) in [5.41, 5.74) is 1.38. The van der Waals surface area contributed by atoms with Gasteiger partial charge in [-0.1, -0.05) is 30.3 Å². The first-order valence-corrected chi connectivity index (χ1v) is 9.91. The van der Waals surface area contributed by atoms with Crippen molar-refractivity contribution >= 4 is 35.8 Å². The number of benzene rings is 1. The van der Waals surface area contributed by atoms with Crippen LogP contribution in [-0.4, -0.2) is 61.9 Å². The van der Waals surface area contributed by atoms with E-state index in [9.17, 15) is 4.79 Å². The number of furan rings is 1. The summed E-state index contributed by atoms with van der Waals surface area (Å²) in [6.07, 6.45) is 4.69. The number of hydrogen-bond donors (Lipinski definition) is 1. The Morgan fingerprint density at radius 2 is 2.03 bits per heavy atom. The molecule has 0 saturated carbocycles. The van der Waals surface area contributed by atoms with Crippen LogP contribution in [0.25, 0.3) is 0 Å². The number of nitrogens with zero attached hydrogens (tertiary/aromatic N) is 3. The molecule has 1 atom stereocenters. The Morgan fingerprint density at radius 3 is 2.72 bits per heavy atom. The molecule has 2 heterocycles. The van der Waals surface area contributed by atoms with Crippen LogP contribution in [0.1, 0.15) is 17.7 Å². The Kier molecular flexibility index (Phi) is 9.50. The predicted octanol–water partition coefficient (Wildman–Crippen LogP) is 3.04. The summed E-state index contributed by atoms with van der Waals surface area (Å²) in [4.78, 5) is 20.4. The molecule has 1 aromatic heterocycles. The van der Waals surface area contributed by atoms with E-state index in [1.807, 2.05) is 12.1 Å². The lowest BCUT2D eigenvalue weighted by Gasteiger charge is -2.22. The Balaban J connectivity index is 0.00000300. The van der Waals surface area contributed by atoms with Crippen molar-refractivity contribution in [1.29, 1.82) is 0 Å². The molecule has 1 fully saturated rings. The normalized spacial score (nSPS) is 16.4. The first-order valence-electron chi connectivity index (χ1n) is 9.91. The quantitative estimate of drug-likeness (QED) is 0.354. The number of guanidine groups is 1. The summed E-state index contributed by atoms with van der Waals surface area (Å²) >= 11 is 0. The van der Waals surface area contributed by atoms with Crippen molar-refractivity contribution in [1.82, 2.24) is 15.1 Å². The lowest BCUT2D eigenvalue weighted by Crippen LogP contribution is -2.42. The van der Waals surface area contributed by atoms with Crippen LogP contribution in [-0.2, 0) is 17.6 Å². The first kappa shape index (κ1) is 23.3. The fraction of sp³-hybridized carbons (Fsp3) is 0.455. The average molecular weight is 510 g/mol. The van der Waals surface area contributed by atoms with Crippen LogP contribution in [0, 0.1) is 5.92 Å². The van der Waals surface area contributed by atoms with Gasteiger partial charge in [-0.15, -0.1) is 24.0 Å². The van der Waals surface area contributed by atoms with Gasteiger partial charge in [0.15, 0.2) is 5.96 Å². The molecular formula is C22H31IN4O2. The third kappa shape index (κ3) is 7.38. The molecule has 1 aromatic carbocycles. The zero-order valence-corrected chi connectivity index (χ0v) is 19.5. The maximum atomic E-state index is 12.0. The van der Waals surface area contributed by atoms with E-state index < -0.39 is 0 Å². The van der Waals surface area contributed by atoms with E-state index in [-0.39, 0.29) is 36.4 Å². The monoisotopic (exact) mass is 510 g/mol. The number of aliphatic imine (C=N–C) groups is 1. The van der Waals surface area contributed by atoms with Gasteiger partial charge in [0.1, 0.15) is 12.3 Å². The van der Waals surface area contributed by atoms with Gasteiger partial charge in [0.2, 0.25) is 5.91 Å². The Morgan fingerprint density at radius 1 is 1.24 bits per heavy atom. The zero-order valence-electron chi connectivity index (χ0n) is 17.2. The number of nitrogens with one attached hydrogen (secondary N) is 1. The van der Waals surface area contributed by atoms with Crippen LogP contribution in [0.3, 0.4) is 0 Å². The van der Waals surface area contributed by atoms with Gasteiger partial charge in [0.25, 0.3) is 0 Å². The molecule has 0 bridgehead atoms. The van der Waals surface area contributed by atoms with Gasteiger partial charge in [0, 0.05) is 40.2 Å². The van der Waals surface area contributed by atoms with E-state index in [0.29, 0.717) is 5.92 Å². The number of likely N-dealkylation sites (tertiary alicyclic amines) is 1. The third-order valence-corrected chi connectivity index (χ3v) is 5.05. The van der Waals surface area contributed by atoms with Gasteiger partial charge in [-0.2, -0.15) is 0 Å². The van der Waals surface area contributed by atoms with Crippen molar-refractivity contribution in [2.45, 2.75) is 19.3 Å². The molecule has 1 saturated heterocycles. The van der Waals surface area contributed by atoms with E-state index >= 15 is 0 Å². The van der Waals surface area contributed by atoms with E-state index in [0.717, 1.165) is 50.6 Å². The highest BCUT2D eigenvalue weighted by molar-refractivity contribution is 14.0. The number of hydrogen-bond acceptors (Lipinski definition) is 3. The molecule has 1 unspecified atom stereocenters. The van der Waals surface area contributed by atoms with Crippen molar-refractivity contribution < 1.29 is 9.21 Å². The van der Waals surface area contributed by atoms with Gasteiger partial charge in [-0.3, -0.25) is 4.79 Å². The van der Waals surface area contributed by atoms with Crippen molar-refractivity contribution in [3.8, 4) is 0 Å². The Bertz CT molecular complexity index is 762. The molecular weight excluding hydrogens is 479 g/mol. The first-order chi connectivity index (χ1) is 13.6. The molecule has 158 valence electrons. The van der Waals surface area contributed by atoms with Crippen molar-refractivity contribution in [3.63, 3.8) is 0 Å². The van der Waals surface area contributed by atoms with Gasteiger partial charge >= 0.3 is 0 Å². The van der Waals surface area contributed by atoms with E-state index in [1.54, 1.807) is 25.3 Å². The molecule has 1 aliphatic heterocycles. The van der Waals surface area contributed by atoms with Crippen LogP contribution in [0.15, 0.2) is 58.1 Å². The fourth-order valence-corrected chi connectivity index (χ4v) is 3.44. The van der Waals surface area contributed by atoms with Crippen LogP contribution in [0.4, 0.5) is 0 Å². The van der Waals surface area contributed by atoms with Crippen molar-refractivity contribution in [2.75, 3.05) is 40.3 Å². The van der Waals surface area contributed by atoms with Crippen LogP contribution < -0.4 is 5.32 Å². The summed E-state index contributed by atoms with van der Waals surface area (Å²) in [5, 5.41) is 3.42. The molecule has 1 amide bonds. The zero-order chi connectivity index (χ0) is 19.8. The predicted molar refractivity (Wildman–Crippen MR) is 127 cm³/mol. The molecule has 0 spiro atoms. The number of carbonyl (C=O) groups excluding carboxylic acids is 1. The molecule has 6 nitrogen and oxygen atoms in total. The third-order valence-electron chi connectivity index (χ3n) is 5.05. The van der Waals surface area contributed by atoms with Crippen LogP contribution in [0.5, 0.6) is 0 Å². The fourth-order valence-electron chi connectivity index (χ4n) is 3.44. The molecule has 1 aliphatic rings. The maximum Gasteiger partial charge on any atom is 0.243 e. The Labute approximate surface area is 190 Å². The molecule has 3 rings (SSSR count). The highest BCUT2D eigenvalue weighted by Gasteiger charge is 2.25. The number of halogens is 1. The molecule has 0 aliphatic carbocycles. The molecule has 1 N–H and O–H groups in total. The molecule has 7 heteroatoms. The van der Waals surface area contributed by atoms with Crippen molar-refractivity contribution in [3.05, 3.63) is 60.1 Å². The number of amides is 1. The van der Waals surface area contributed by atoms with E-state index in [2.05, 4.69) is 45.5 Å². The summed E-state index contributed by atoms with van der Waals surface area (Å²) in [7, 11) is 3.52. The van der Waals surface area contributed by atoms with Gasteiger partial charge < -0.3 is 19.5 Å². The topological polar surface area (TPSA) is 61.1 Å². The number of likely N-dealkylation sites (N-methyl/N-ethyl adjacent to an activating group) is 1. The summed E-state index contributed by atoms with van der Waals surface area (Å²) in [6.45, 7) is 2.80. The maximum absolute atomic E-state index is 12.0. The van der Waals surface area contributed by atoms with Crippen LogP contribution in [0.2, 0.25) is 0 Å². The minimum Gasteiger partial charge on any atom is -0.469 e. The second-order valence-corrected chi connectivity index (χ2v) is 7.47. The molecule has 0 radical (unpaired) electrons. The number of carbonyl (C=O) groups is 1. The molecule has 29 heavy (non-hydrogen) atoms. The summed E-state index contributed by atoms with van der Waals surface area (Å²) < 4.78 is 5.40. The SMILES string of the molecule is CN(C)C(=O)CN=C(NCCc1ccco1)N1CCC(Cc2ccccc2)C1.I. The lowest BCUT2D eigenvalue weighted by molar-refractivity contribution is -0.127. The lowest BCUT2D eigenvalue weighted by atomic mass is 9.99. The minimum atomic E-state index is 0. The van der Waals surface area contributed by atoms with E-state index in [4.69, 9.17) is 4.42 Å². The highest BCUT2D eigenvalue weighted by Crippen LogP contribution is 2.21. The standard InChI is InChI=1S/C22H30N4O2.HI/c1-25(2)21(27)16-24-22(23-12-10-20-9-6-14-28-20)26-13-11-19(17-26)15-18-7-4-3-5-8-18;/h3-9,14,19H,10-13,15-17H2,1-2H3,(H,23,24);1H. The van der Waals surface area contributed by atoms with Crippen LogP contribution >= 0.6 is 24.0 Å². The molecule has 2 aromatic rings. The van der Waals surface area contributed by atoms with E-state index in [1.165, 1.54) is 5.56 Å². The smallest absolute Gasteiger partial charge is 0.243 e. The minimum absolute atomic E-state index is 0. The summed E-state index contributed by atoms with van der Waals surface area (Å²) in [5.74, 6) is 2.37. The van der Waals surface area contributed by atoms with Gasteiger partial charge in [0.05, 0.1) is 6.26 Å². The van der Waals surface area contributed by atoms with Gasteiger partial charge in [-0.25, -0.2) is 4.99 Å².